The standard InChI is InChI=1S/C9H10N2O3.Na/c12-8(13)6-10-9(14)11-7-4-2-1-3-5-7;/h1-5H,6H2,(H,12,13)(H2,10,11,14);/q;+1/p-1. The molecule has 2 N–H and O–H groups in total. The van der Waals surface area contributed by atoms with Crippen molar-refractivity contribution in [3.63, 3.8) is 0 Å². The summed E-state index contributed by atoms with van der Waals surface area (Å²) in [5.41, 5.74) is 0.600. The van der Waals surface area contributed by atoms with Crippen LogP contribution in [0.2, 0.25) is 0 Å². The second-order valence-electron chi connectivity index (χ2n) is 2.55. The molecule has 0 saturated carbocycles. The van der Waals surface area contributed by atoms with E-state index < -0.39 is 18.5 Å². The first kappa shape index (κ1) is 14.0. The topological polar surface area (TPSA) is 81.3 Å². The molecule has 1 aromatic carbocycles. The quantitative estimate of drug-likeness (QED) is 0.516. The second kappa shape index (κ2) is 7.28. The van der Waals surface area contributed by atoms with Gasteiger partial charge in [0.25, 0.3) is 0 Å². The van der Waals surface area contributed by atoms with Crippen molar-refractivity contribution in [1.82, 2.24) is 5.32 Å². The van der Waals surface area contributed by atoms with Crippen molar-refractivity contribution >= 4 is 17.7 Å². The van der Waals surface area contributed by atoms with E-state index in [1.165, 1.54) is 0 Å². The molecule has 0 bridgehead atoms. The Kier molecular flexibility index (Phi) is 6.77. The fourth-order valence-electron chi connectivity index (χ4n) is 0.849. The van der Waals surface area contributed by atoms with Crippen molar-refractivity contribution in [2.24, 2.45) is 0 Å². The number of anilines is 1. The maximum absolute atomic E-state index is 11.0. The predicted molar refractivity (Wildman–Crippen MR) is 48.5 cm³/mol. The third-order valence-corrected chi connectivity index (χ3v) is 1.42. The molecule has 74 valence electrons. The number of aliphatic carboxylic acids is 1. The van der Waals surface area contributed by atoms with Gasteiger partial charge in [0.1, 0.15) is 0 Å². The third-order valence-electron chi connectivity index (χ3n) is 1.42. The number of urea groups is 1. The summed E-state index contributed by atoms with van der Waals surface area (Å²) in [5.74, 6) is -1.33. The molecular formula is C9H9N2NaO3. The number of carbonyl (C=O) groups is 2. The Labute approximate surface area is 109 Å². The largest absolute Gasteiger partial charge is 1.00 e. The SMILES string of the molecule is O=C([O-])CNC(=O)Nc1ccccc1.[Na+]. The Morgan fingerprint density at radius 1 is 1.20 bits per heavy atom. The molecule has 0 atom stereocenters. The van der Waals surface area contributed by atoms with Crippen LogP contribution in [0.5, 0.6) is 0 Å². The van der Waals surface area contributed by atoms with Gasteiger partial charge in [0.05, 0.1) is 12.5 Å². The Bertz CT molecular complexity index is 329. The van der Waals surface area contributed by atoms with Crippen LogP contribution in [0.25, 0.3) is 0 Å². The van der Waals surface area contributed by atoms with Crippen molar-refractivity contribution in [2.75, 3.05) is 11.9 Å². The van der Waals surface area contributed by atoms with Gasteiger partial charge in [-0.25, -0.2) is 4.79 Å². The molecular weight excluding hydrogens is 207 g/mol. The first-order chi connectivity index (χ1) is 6.68. The minimum absolute atomic E-state index is 0. The molecule has 0 heterocycles. The number of hydrogen-bond acceptors (Lipinski definition) is 3. The molecule has 15 heavy (non-hydrogen) atoms. The van der Waals surface area contributed by atoms with Crippen LogP contribution >= 0.6 is 0 Å². The van der Waals surface area contributed by atoms with E-state index in [2.05, 4.69) is 10.6 Å². The van der Waals surface area contributed by atoms with Crippen LogP contribution in [0.1, 0.15) is 0 Å². The van der Waals surface area contributed by atoms with Gasteiger partial charge >= 0.3 is 35.6 Å². The normalized spacial score (nSPS) is 8.53. The molecule has 5 nitrogen and oxygen atoms in total. The van der Waals surface area contributed by atoms with Crippen LogP contribution in [0.4, 0.5) is 10.5 Å². The third kappa shape index (κ3) is 6.11. The average molecular weight is 216 g/mol. The fourth-order valence-corrected chi connectivity index (χ4v) is 0.849. The van der Waals surface area contributed by atoms with Crippen molar-refractivity contribution in [2.45, 2.75) is 0 Å². The monoisotopic (exact) mass is 216 g/mol. The number of nitrogens with one attached hydrogen (secondary N) is 2. The van der Waals surface area contributed by atoms with Gasteiger partial charge in [0.2, 0.25) is 0 Å². The Hall–Kier alpha value is -1.04. The van der Waals surface area contributed by atoms with Crippen molar-refractivity contribution in [1.29, 1.82) is 0 Å². The molecule has 0 aliphatic rings. The van der Waals surface area contributed by atoms with Crippen LogP contribution in [0.3, 0.4) is 0 Å². The molecule has 0 saturated heterocycles. The summed E-state index contributed by atoms with van der Waals surface area (Å²) in [6.07, 6.45) is 0. The maximum atomic E-state index is 11.0. The van der Waals surface area contributed by atoms with Crippen molar-refractivity contribution in [3.05, 3.63) is 30.3 Å². The molecule has 0 fully saturated rings. The smallest absolute Gasteiger partial charge is 0.548 e. The zero-order valence-electron chi connectivity index (χ0n) is 8.32. The molecule has 2 amide bonds. The van der Waals surface area contributed by atoms with E-state index in [0.29, 0.717) is 5.69 Å². The summed E-state index contributed by atoms with van der Waals surface area (Å²) >= 11 is 0. The van der Waals surface area contributed by atoms with E-state index >= 15 is 0 Å². The minimum Gasteiger partial charge on any atom is -0.548 e. The van der Waals surface area contributed by atoms with Crippen LogP contribution < -0.4 is 45.3 Å². The zero-order valence-corrected chi connectivity index (χ0v) is 10.3. The van der Waals surface area contributed by atoms with E-state index in [9.17, 15) is 14.7 Å². The number of carbonyl (C=O) groups excluding carboxylic acids is 2. The van der Waals surface area contributed by atoms with Gasteiger partial charge < -0.3 is 20.5 Å². The fraction of sp³-hybridized carbons (Fsp3) is 0.111. The van der Waals surface area contributed by atoms with Crippen molar-refractivity contribution < 1.29 is 44.3 Å². The van der Waals surface area contributed by atoms with Crippen molar-refractivity contribution in [3.8, 4) is 0 Å². The second-order valence-corrected chi connectivity index (χ2v) is 2.55. The van der Waals surface area contributed by atoms with Gasteiger partial charge in [0, 0.05) is 5.69 Å². The number of para-hydroxylation sites is 1. The number of carboxylic acids is 1. The molecule has 0 aromatic heterocycles. The van der Waals surface area contributed by atoms with E-state index in [0.717, 1.165) is 0 Å². The van der Waals surface area contributed by atoms with Gasteiger partial charge in [-0.05, 0) is 12.1 Å². The molecule has 1 aromatic rings. The van der Waals surface area contributed by atoms with Crippen LogP contribution in [0.15, 0.2) is 30.3 Å². The molecule has 1 rings (SSSR count). The van der Waals surface area contributed by atoms with Crippen LogP contribution in [-0.4, -0.2) is 18.5 Å². The summed E-state index contributed by atoms with van der Waals surface area (Å²) in [6, 6.07) is 8.14. The van der Waals surface area contributed by atoms with Gasteiger partial charge in [-0.3, -0.25) is 0 Å². The number of rotatable bonds is 3. The summed E-state index contributed by atoms with van der Waals surface area (Å²) in [4.78, 5) is 21.0. The summed E-state index contributed by atoms with van der Waals surface area (Å²) in [6.45, 7) is -0.501. The molecule has 0 aliphatic heterocycles. The first-order valence-electron chi connectivity index (χ1n) is 3.98. The maximum Gasteiger partial charge on any atom is 1.00 e. The first-order valence-corrected chi connectivity index (χ1v) is 3.98. The number of benzene rings is 1. The summed E-state index contributed by atoms with van der Waals surface area (Å²) < 4.78 is 0. The molecule has 0 radical (unpaired) electrons. The summed E-state index contributed by atoms with van der Waals surface area (Å²) in [7, 11) is 0. The molecule has 0 aliphatic carbocycles. The predicted octanol–water partition coefficient (Wildman–Crippen LogP) is -3.44. The van der Waals surface area contributed by atoms with Crippen LogP contribution in [-0.2, 0) is 4.79 Å². The molecule has 0 unspecified atom stereocenters. The Morgan fingerprint density at radius 3 is 2.33 bits per heavy atom. The van der Waals surface area contributed by atoms with E-state index in [-0.39, 0.29) is 29.6 Å². The molecule has 0 spiro atoms. The average Bonchev–Trinajstić information content (AvgIpc) is 2.16. The Balaban J connectivity index is 0.00000196. The number of carboxylic acid groups (broad SMARTS) is 1. The Morgan fingerprint density at radius 2 is 1.80 bits per heavy atom. The van der Waals surface area contributed by atoms with E-state index in [1.54, 1.807) is 24.3 Å². The van der Waals surface area contributed by atoms with E-state index in [1.807, 2.05) is 6.07 Å². The molecule has 6 heteroatoms. The zero-order chi connectivity index (χ0) is 10.4. The number of hydrogen-bond donors (Lipinski definition) is 2. The van der Waals surface area contributed by atoms with Gasteiger partial charge in [-0.15, -0.1) is 0 Å². The summed E-state index contributed by atoms with van der Waals surface area (Å²) in [5, 5.41) is 14.6. The minimum atomic E-state index is -1.33. The number of amides is 2. The van der Waals surface area contributed by atoms with Crippen LogP contribution in [0, 0.1) is 0 Å². The van der Waals surface area contributed by atoms with E-state index in [4.69, 9.17) is 0 Å². The van der Waals surface area contributed by atoms with Gasteiger partial charge in [-0.2, -0.15) is 0 Å². The van der Waals surface area contributed by atoms with Gasteiger partial charge in [-0.1, -0.05) is 18.2 Å². The van der Waals surface area contributed by atoms with Gasteiger partial charge in [0.15, 0.2) is 0 Å².